The van der Waals surface area contributed by atoms with Crippen LogP contribution in [0.2, 0.25) is 0 Å². The molecular weight excluding hydrogens is 284 g/mol. The summed E-state index contributed by atoms with van der Waals surface area (Å²) in [5.74, 6) is 0.498. The number of aromatic nitrogens is 2. The Morgan fingerprint density at radius 1 is 1.38 bits per heavy atom. The number of aliphatic hydroxyl groups is 1. The zero-order valence-electron chi connectivity index (χ0n) is 12.0. The number of thioether (sulfide) groups is 1. The summed E-state index contributed by atoms with van der Waals surface area (Å²) in [5.41, 5.74) is 4.25. The SMILES string of the molecule is Cn1c(CO)cnc1SCC(=O)c1ccc2c(c1)CCC2. The van der Waals surface area contributed by atoms with Crippen molar-refractivity contribution in [1.82, 2.24) is 9.55 Å². The minimum atomic E-state index is -0.0389. The molecule has 0 amide bonds. The highest BCUT2D eigenvalue weighted by atomic mass is 32.2. The van der Waals surface area contributed by atoms with E-state index in [0.717, 1.165) is 29.3 Å². The van der Waals surface area contributed by atoms with E-state index in [2.05, 4.69) is 11.1 Å². The fraction of sp³-hybridized carbons (Fsp3) is 0.375. The number of carbonyl (C=O) groups excluding carboxylic acids is 1. The minimum absolute atomic E-state index is 0.0389. The van der Waals surface area contributed by atoms with E-state index in [-0.39, 0.29) is 12.4 Å². The van der Waals surface area contributed by atoms with Gasteiger partial charge in [0.2, 0.25) is 0 Å². The third-order valence-corrected chi connectivity index (χ3v) is 5.00. The van der Waals surface area contributed by atoms with E-state index in [0.29, 0.717) is 5.75 Å². The molecule has 0 saturated carbocycles. The van der Waals surface area contributed by atoms with Gasteiger partial charge in [-0.05, 0) is 36.5 Å². The van der Waals surface area contributed by atoms with E-state index in [9.17, 15) is 4.79 Å². The first-order valence-electron chi connectivity index (χ1n) is 7.08. The second-order valence-electron chi connectivity index (χ2n) is 5.30. The number of nitrogens with zero attached hydrogens (tertiary/aromatic N) is 2. The van der Waals surface area contributed by atoms with Crippen molar-refractivity contribution in [1.29, 1.82) is 0 Å². The van der Waals surface area contributed by atoms with Crippen molar-refractivity contribution in [2.45, 2.75) is 31.0 Å². The molecule has 0 aliphatic heterocycles. The molecule has 0 fully saturated rings. The molecule has 4 nitrogen and oxygen atoms in total. The summed E-state index contributed by atoms with van der Waals surface area (Å²) < 4.78 is 1.82. The van der Waals surface area contributed by atoms with Crippen LogP contribution in [0.25, 0.3) is 0 Å². The number of Topliss-reactive ketones (excluding diaryl/α,β-unsaturated/α-hetero) is 1. The highest BCUT2D eigenvalue weighted by Crippen LogP contribution is 2.24. The van der Waals surface area contributed by atoms with Gasteiger partial charge in [0, 0.05) is 12.6 Å². The van der Waals surface area contributed by atoms with Gasteiger partial charge in [-0.15, -0.1) is 0 Å². The maximum Gasteiger partial charge on any atom is 0.173 e. The molecule has 1 aromatic heterocycles. The minimum Gasteiger partial charge on any atom is -0.390 e. The standard InChI is InChI=1S/C16H18N2O2S/c1-18-14(9-19)8-17-16(18)21-10-15(20)13-6-5-11-3-2-4-12(11)7-13/h5-8,19H,2-4,9-10H2,1H3. The van der Waals surface area contributed by atoms with Crippen LogP contribution in [0.15, 0.2) is 29.6 Å². The highest BCUT2D eigenvalue weighted by molar-refractivity contribution is 7.99. The van der Waals surface area contributed by atoms with Gasteiger partial charge >= 0.3 is 0 Å². The number of hydrogen-bond acceptors (Lipinski definition) is 4. The molecule has 21 heavy (non-hydrogen) atoms. The molecule has 0 spiro atoms. The lowest BCUT2D eigenvalue weighted by atomic mass is 10.0. The smallest absolute Gasteiger partial charge is 0.173 e. The van der Waals surface area contributed by atoms with Gasteiger partial charge in [-0.3, -0.25) is 4.79 Å². The molecule has 0 saturated heterocycles. The van der Waals surface area contributed by atoms with Gasteiger partial charge in [-0.2, -0.15) is 0 Å². The fourth-order valence-electron chi connectivity index (χ4n) is 2.67. The zero-order valence-corrected chi connectivity index (χ0v) is 12.8. The number of rotatable bonds is 5. The molecule has 1 N–H and O–H groups in total. The van der Waals surface area contributed by atoms with Gasteiger partial charge < -0.3 is 9.67 Å². The molecule has 0 atom stereocenters. The number of fused-ring (bicyclic) bond motifs is 1. The maximum absolute atomic E-state index is 12.3. The van der Waals surface area contributed by atoms with Gasteiger partial charge in [0.15, 0.2) is 10.9 Å². The Morgan fingerprint density at radius 2 is 2.19 bits per heavy atom. The molecule has 1 heterocycles. The molecule has 3 rings (SSSR count). The summed E-state index contributed by atoms with van der Waals surface area (Å²) in [6.07, 6.45) is 5.06. The van der Waals surface area contributed by atoms with Crippen LogP contribution in [0.1, 0.15) is 33.6 Å². The number of aryl methyl sites for hydroxylation is 2. The molecule has 0 unspecified atom stereocenters. The van der Waals surface area contributed by atoms with Crippen molar-refractivity contribution in [2.75, 3.05) is 5.75 Å². The zero-order chi connectivity index (χ0) is 14.8. The lowest BCUT2D eigenvalue weighted by Gasteiger charge is -2.05. The molecule has 2 aromatic rings. The van der Waals surface area contributed by atoms with Crippen molar-refractivity contribution in [3.8, 4) is 0 Å². The second-order valence-corrected chi connectivity index (χ2v) is 6.24. The number of imidazole rings is 1. The Hall–Kier alpha value is -1.59. The normalized spacial score (nSPS) is 13.4. The molecule has 110 valence electrons. The molecule has 0 radical (unpaired) electrons. The average Bonchev–Trinajstić information content (AvgIpc) is 3.10. The van der Waals surface area contributed by atoms with Crippen molar-refractivity contribution >= 4 is 17.5 Å². The van der Waals surface area contributed by atoms with Crippen molar-refractivity contribution in [3.63, 3.8) is 0 Å². The van der Waals surface area contributed by atoms with Gasteiger partial charge in [-0.1, -0.05) is 23.9 Å². The van der Waals surface area contributed by atoms with Gasteiger partial charge in [0.05, 0.1) is 24.3 Å². The van der Waals surface area contributed by atoms with Crippen molar-refractivity contribution < 1.29 is 9.90 Å². The van der Waals surface area contributed by atoms with Crippen LogP contribution < -0.4 is 0 Å². The molecule has 1 aliphatic carbocycles. The molecule has 0 bridgehead atoms. The lowest BCUT2D eigenvalue weighted by Crippen LogP contribution is -2.05. The first kappa shape index (κ1) is 14.4. The third-order valence-electron chi connectivity index (χ3n) is 3.96. The predicted octanol–water partition coefficient (Wildman–Crippen LogP) is 2.38. The Kier molecular flexibility index (Phi) is 4.12. The molecule has 5 heteroatoms. The Balaban J connectivity index is 1.67. The number of benzene rings is 1. The molecular formula is C16H18N2O2S. The van der Waals surface area contributed by atoms with E-state index in [1.807, 2.05) is 23.7 Å². The first-order valence-corrected chi connectivity index (χ1v) is 8.07. The summed E-state index contributed by atoms with van der Waals surface area (Å²) in [5, 5.41) is 9.90. The lowest BCUT2D eigenvalue weighted by molar-refractivity contribution is 0.102. The second kappa shape index (κ2) is 6.03. The van der Waals surface area contributed by atoms with Crippen LogP contribution >= 0.6 is 11.8 Å². The van der Waals surface area contributed by atoms with Crippen LogP contribution in [-0.2, 0) is 26.5 Å². The quantitative estimate of drug-likeness (QED) is 0.680. The van der Waals surface area contributed by atoms with E-state index in [1.54, 1.807) is 6.20 Å². The van der Waals surface area contributed by atoms with Gasteiger partial charge in [-0.25, -0.2) is 4.98 Å². The number of carbonyl (C=O) groups is 1. The molecule has 1 aromatic carbocycles. The van der Waals surface area contributed by atoms with E-state index in [1.165, 1.54) is 29.3 Å². The number of aliphatic hydroxyl groups excluding tert-OH is 1. The summed E-state index contributed by atoms with van der Waals surface area (Å²) >= 11 is 1.41. The number of hydrogen-bond donors (Lipinski definition) is 1. The average molecular weight is 302 g/mol. The Morgan fingerprint density at radius 3 is 2.95 bits per heavy atom. The van der Waals surface area contributed by atoms with E-state index >= 15 is 0 Å². The molecule has 1 aliphatic rings. The van der Waals surface area contributed by atoms with Crippen LogP contribution in [0.3, 0.4) is 0 Å². The van der Waals surface area contributed by atoms with Crippen LogP contribution in [0.4, 0.5) is 0 Å². The van der Waals surface area contributed by atoms with Crippen molar-refractivity contribution in [2.24, 2.45) is 7.05 Å². The monoisotopic (exact) mass is 302 g/mol. The summed E-state index contributed by atoms with van der Waals surface area (Å²) in [6, 6.07) is 6.07. The predicted molar refractivity (Wildman–Crippen MR) is 82.7 cm³/mol. The highest BCUT2D eigenvalue weighted by Gasteiger charge is 2.15. The third kappa shape index (κ3) is 2.89. The van der Waals surface area contributed by atoms with Gasteiger partial charge in [0.1, 0.15) is 0 Å². The largest absolute Gasteiger partial charge is 0.390 e. The van der Waals surface area contributed by atoms with E-state index in [4.69, 9.17) is 5.11 Å². The summed E-state index contributed by atoms with van der Waals surface area (Å²) in [7, 11) is 1.85. The topological polar surface area (TPSA) is 55.1 Å². The van der Waals surface area contributed by atoms with Crippen LogP contribution in [0, 0.1) is 0 Å². The first-order chi connectivity index (χ1) is 10.2. The Labute approximate surface area is 128 Å². The maximum atomic E-state index is 12.3. The van der Waals surface area contributed by atoms with Gasteiger partial charge in [0.25, 0.3) is 0 Å². The summed E-state index contributed by atoms with van der Waals surface area (Å²) in [6.45, 7) is -0.0389. The summed E-state index contributed by atoms with van der Waals surface area (Å²) in [4.78, 5) is 16.5. The Bertz CT molecular complexity index is 679. The van der Waals surface area contributed by atoms with Crippen molar-refractivity contribution in [3.05, 3.63) is 46.8 Å². The van der Waals surface area contributed by atoms with Crippen LogP contribution in [-0.4, -0.2) is 26.2 Å². The number of ketones is 1. The van der Waals surface area contributed by atoms with E-state index < -0.39 is 0 Å². The van der Waals surface area contributed by atoms with Crippen LogP contribution in [0.5, 0.6) is 0 Å². The fourth-order valence-corrected chi connectivity index (χ4v) is 3.53.